The van der Waals surface area contributed by atoms with Crippen molar-refractivity contribution in [2.45, 2.75) is 45.1 Å². The van der Waals surface area contributed by atoms with Gasteiger partial charge in [0.15, 0.2) is 0 Å². The first kappa shape index (κ1) is 13.7. The Morgan fingerprint density at radius 3 is 2.69 bits per heavy atom. The number of aryl methyl sites for hydroxylation is 2. The Bertz CT molecular complexity index is 320. The number of halogens is 1. The lowest BCUT2D eigenvalue weighted by Crippen LogP contribution is -2.25. The molecule has 0 saturated carbocycles. The van der Waals surface area contributed by atoms with Crippen LogP contribution >= 0.6 is 15.9 Å². The molecule has 1 aromatic rings. The Hall–Kier alpha value is -0.350. The van der Waals surface area contributed by atoms with Crippen molar-refractivity contribution in [3.63, 3.8) is 0 Å². The molecular weight excluding hydrogens is 266 g/mol. The standard InChI is InChI=1S/C12H22BrN3/c1-5-11-7-12(16(6-2)14-11)9-15(4)8-10(3)13/h7,10H,5-6,8-9H2,1-4H3. The molecule has 0 saturated heterocycles. The highest BCUT2D eigenvalue weighted by Gasteiger charge is 2.09. The lowest BCUT2D eigenvalue weighted by Gasteiger charge is -2.18. The molecule has 1 rings (SSSR count). The molecule has 16 heavy (non-hydrogen) atoms. The molecule has 1 atom stereocenters. The molecule has 0 aliphatic rings. The molecule has 4 heteroatoms. The van der Waals surface area contributed by atoms with Crippen LogP contribution in [0.2, 0.25) is 0 Å². The molecule has 0 fully saturated rings. The van der Waals surface area contributed by atoms with Gasteiger partial charge in [0.05, 0.1) is 11.4 Å². The van der Waals surface area contributed by atoms with E-state index >= 15 is 0 Å². The molecular formula is C12H22BrN3. The Labute approximate surface area is 107 Å². The highest BCUT2D eigenvalue weighted by molar-refractivity contribution is 9.09. The highest BCUT2D eigenvalue weighted by Crippen LogP contribution is 2.09. The molecule has 1 heterocycles. The number of aromatic nitrogens is 2. The van der Waals surface area contributed by atoms with Crippen molar-refractivity contribution in [1.29, 1.82) is 0 Å². The fourth-order valence-electron chi connectivity index (χ4n) is 1.86. The second-order valence-corrected chi connectivity index (χ2v) is 5.84. The van der Waals surface area contributed by atoms with E-state index < -0.39 is 0 Å². The number of rotatable bonds is 6. The van der Waals surface area contributed by atoms with Gasteiger partial charge < -0.3 is 0 Å². The summed E-state index contributed by atoms with van der Waals surface area (Å²) in [6.07, 6.45) is 1.01. The normalized spacial score (nSPS) is 13.4. The second-order valence-electron chi connectivity index (χ2n) is 4.27. The summed E-state index contributed by atoms with van der Waals surface area (Å²) in [5, 5.41) is 4.56. The molecule has 0 amide bonds. The number of hydrogen-bond acceptors (Lipinski definition) is 2. The predicted octanol–water partition coefficient (Wildman–Crippen LogP) is 2.68. The van der Waals surface area contributed by atoms with Crippen molar-refractivity contribution < 1.29 is 0 Å². The van der Waals surface area contributed by atoms with Crippen LogP contribution in [-0.2, 0) is 19.5 Å². The van der Waals surface area contributed by atoms with E-state index in [1.165, 1.54) is 11.4 Å². The Balaban J connectivity index is 2.67. The first-order valence-electron chi connectivity index (χ1n) is 5.95. The minimum Gasteiger partial charge on any atom is -0.299 e. The van der Waals surface area contributed by atoms with Gasteiger partial charge in [0.25, 0.3) is 0 Å². The zero-order chi connectivity index (χ0) is 12.1. The van der Waals surface area contributed by atoms with Crippen LogP contribution in [0.1, 0.15) is 32.2 Å². The molecule has 92 valence electrons. The first-order chi connectivity index (χ1) is 7.56. The molecule has 0 N–H and O–H groups in total. The second kappa shape index (κ2) is 6.40. The van der Waals surface area contributed by atoms with Gasteiger partial charge in [-0.15, -0.1) is 0 Å². The van der Waals surface area contributed by atoms with E-state index in [0.29, 0.717) is 4.83 Å². The molecule has 1 unspecified atom stereocenters. The van der Waals surface area contributed by atoms with Crippen molar-refractivity contribution in [2.75, 3.05) is 13.6 Å². The van der Waals surface area contributed by atoms with Crippen molar-refractivity contribution in [3.05, 3.63) is 17.5 Å². The van der Waals surface area contributed by atoms with Gasteiger partial charge in [-0.2, -0.15) is 5.10 Å². The predicted molar refractivity (Wildman–Crippen MR) is 72.0 cm³/mol. The van der Waals surface area contributed by atoms with Crippen LogP contribution in [-0.4, -0.2) is 33.1 Å². The fourth-order valence-corrected chi connectivity index (χ4v) is 2.35. The Morgan fingerprint density at radius 2 is 2.19 bits per heavy atom. The van der Waals surface area contributed by atoms with Crippen LogP contribution in [0.25, 0.3) is 0 Å². The SMILES string of the molecule is CCc1cc(CN(C)CC(C)Br)n(CC)n1. The van der Waals surface area contributed by atoms with Crippen molar-refractivity contribution >= 4 is 15.9 Å². The van der Waals surface area contributed by atoms with Crippen LogP contribution in [0.4, 0.5) is 0 Å². The maximum atomic E-state index is 4.56. The highest BCUT2D eigenvalue weighted by atomic mass is 79.9. The molecule has 1 aromatic heterocycles. The molecule has 0 aliphatic heterocycles. The third kappa shape index (κ3) is 3.91. The van der Waals surface area contributed by atoms with Crippen molar-refractivity contribution in [1.82, 2.24) is 14.7 Å². The Morgan fingerprint density at radius 1 is 1.50 bits per heavy atom. The summed E-state index contributed by atoms with van der Waals surface area (Å²) in [7, 11) is 2.15. The monoisotopic (exact) mass is 287 g/mol. The van der Waals surface area contributed by atoms with E-state index in [4.69, 9.17) is 0 Å². The topological polar surface area (TPSA) is 21.1 Å². The summed E-state index contributed by atoms with van der Waals surface area (Å²) in [5.41, 5.74) is 2.51. The summed E-state index contributed by atoms with van der Waals surface area (Å²) in [6.45, 7) is 9.44. The molecule has 0 radical (unpaired) electrons. The third-order valence-electron chi connectivity index (χ3n) is 2.57. The summed E-state index contributed by atoms with van der Waals surface area (Å²) in [5.74, 6) is 0. The number of alkyl halides is 1. The zero-order valence-electron chi connectivity index (χ0n) is 10.7. The zero-order valence-corrected chi connectivity index (χ0v) is 12.3. The van der Waals surface area contributed by atoms with Gasteiger partial charge in [0.1, 0.15) is 0 Å². The maximum absolute atomic E-state index is 4.56. The molecule has 0 bridgehead atoms. The Kier molecular flexibility index (Phi) is 5.49. The van der Waals surface area contributed by atoms with E-state index in [1.807, 2.05) is 0 Å². The van der Waals surface area contributed by atoms with Crippen LogP contribution in [0, 0.1) is 0 Å². The van der Waals surface area contributed by atoms with Crippen molar-refractivity contribution in [3.8, 4) is 0 Å². The summed E-state index contributed by atoms with van der Waals surface area (Å²) < 4.78 is 2.11. The van der Waals surface area contributed by atoms with Gasteiger partial charge >= 0.3 is 0 Å². The van der Waals surface area contributed by atoms with E-state index in [0.717, 1.165) is 26.1 Å². The number of nitrogens with zero attached hydrogens (tertiary/aromatic N) is 3. The molecule has 0 aliphatic carbocycles. The maximum Gasteiger partial charge on any atom is 0.0625 e. The van der Waals surface area contributed by atoms with Crippen molar-refractivity contribution in [2.24, 2.45) is 0 Å². The lowest BCUT2D eigenvalue weighted by molar-refractivity contribution is 0.320. The smallest absolute Gasteiger partial charge is 0.0625 e. The largest absolute Gasteiger partial charge is 0.299 e. The van der Waals surface area contributed by atoms with Gasteiger partial charge in [-0.05, 0) is 26.5 Å². The number of hydrogen-bond donors (Lipinski definition) is 0. The molecule has 3 nitrogen and oxygen atoms in total. The van der Waals surface area contributed by atoms with Crippen LogP contribution in [0.15, 0.2) is 6.07 Å². The quantitative estimate of drug-likeness (QED) is 0.750. The van der Waals surface area contributed by atoms with E-state index in [2.05, 4.69) is 64.5 Å². The van der Waals surface area contributed by atoms with E-state index in [-0.39, 0.29) is 0 Å². The lowest BCUT2D eigenvalue weighted by atomic mass is 10.3. The summed E-state index contributed by atoms with van der Waals surface area (Å²) in [6, 6.07) is 2.22. The average Bonchev–Trinajstić information content (AvgIpc) is 2.59. The van der Waals surface area contributed by atoms with Gasteiger partial charge in [0, 0.05) is 24.5 Å². The van der Waals surface area contributed by atoms with Gasteiger partial charge in [-0.1, -0.05) is 29.8 Å². The summed E-state index contributed by atoms with van der Waals surface area (Å²) >= 11 is 3.58. The third-order valence-corrected chi connectivity index (χ3v) is 2.86. The van der Waals surface area contributed by atoms with E-state index in [1.54, 1.807) is 0 Å². The van der Waals surface area contributed by atoms with Gasteiger partial charge in [-0.25, -0.2) is 0 Å². The first-order valence-corrected chi connectivity index (χ1v) is 6.86. The average molecular weight is 288 g/mol. The fraction of sp³-hybridized carbons (Fsp3) is 0.750. The minimum atomic E-state index is 0.529. The molecule has 0 aromatic carbocycles. The van der Waals surface area contributed by atoms with Crippen LogP contribution in [0.3, 0.4) is 0 Å². The summed E-state index contributed by atoms with van der Waals surface area (Å²) in [4.78, 5) is 2.85. The van der Waals surface area contributed by atoms with Gasteiger partial charge in [-0.3, -0.25) is 9.58 Å². The molecule has 0 spiro atoms. The van der Waals surface area contributed by atoms with Crippen LogP contribution < -0.4 is 0 Å². The van der Waals surface area contributed by atoms with Crippen LogP contribution in [0.5, 0.6) is 0 Å². The van der Waals surface area contributed by atoms with E-state index in [9.17, 15) is 0 Å². The van der Waals surface area contributed by atoms with Gasteiger partial charge in [0.2, 0.25) is 0 Å². The minimum absolute atomic E-state index is 0.529.